The summed E-state index contributed by atoms with van der Waals surface area (Å²) in [5, 5.41) is 18.3. The highest BCUT2D eigenvalue weighted by atomic mass is 35.5. The Morgan fingerprint density at radius 1 is 1.30 bits per heavy atom. The molecule has 0 radical (unpaired) electrons. The molecule has 1 aliphatic rings. The van der Waals surface area contributed by atoms with Crippen LogP contribution in [0.25, 0.3) is 0 Å². The summed E-state index contributed by atoms with van der Waals surface area (Å²) in [5.41, 5.74) is 0.279. The Hall–Kier alpha value is -1.10. The van der Waals surface area contributed by atoms with Crippen molar-refractivity contribution in [2.45, 2.75) is 38.3 Å². The first-order chi connectivity index (χ1) is 9.00. The van der Waals surface area contributed by atoms with Gasteiger partial charge in [-0.2, -0.15) is 0 Å². The summed E-state index contributed by atoms with van der Waals surface area (Å²) in [6.07, 6.45) is 3.36. The molecule has 20 heavy (non-hydrogen) atoms. The fourth-order valence-electron chi connectivity index (χ4n) is 2.17. The third-order valence-corrected chi connectivity index (χ3v) is 3.44. The lowest BCUT2D eigenvalue weighted by Gasteiger charge is -2.41. The van der Waals surface area contributed by atoms with Gasteiger partial charge in [-0.25, -0.2) is 0 Å². The molecule has 1 aromatic rings. The van der Waals surface area contributed by atoms with E-state index < -0.39 is 11.7 Å². The molecular formula is C15H24ClNO3. The Kier molecular flexibility index (Phi) is 8.46. The van der Waals surface area contributed by atoms with Crippen molar-refractivity contribution in [2.75, 3.05) is 13.6 Å². The van der Waals surface area contributed by atoms with E-state index in [0.717, 1.165) is 24.9 Å². The first kappa shape index (κ1) is 18.9. The largest absolute Gasteiger partial charge is 0.481 e. The van der Waals surface area contributed by atoms with Gasteiger partial charge in [0, 0.05) is 13.0 Å². The normalized spacial score (nSPS) is 22.1. The Morgan fingerprint density at radius 2 is 1.85 bits per heavy atom. The van der Waals surface area contributed by atoms with E-state index in [9.17, 15) is 9.90 Å². The van der Waals surface area contributed by atoms with E-state index >= 15 is 0 Å². The highest BCUT2D eigenvalue weighted by Crippen LogP contribution is 2.33. The van der Waals surface area contributed by atoms with Gasteiger partial charge < -0.3 is 10.2 Å². The van der Waals surface area contributed by atoms with Crippen molar-refractivity contribution < 1.29 is 15.0 Å². The van der Waals surface area contributed by atoms with Crippen LogP contribution < -0.4 is 0 Å². The van der Waals surface area contributed by atoms with E-state index in [4.69, 9.17) is 5.11 Å². The topological polar surface area (TPSA) is 60.8 Å². The zero-order chi connectivity index (χ0) is 14.3. The molecule has 0 saturated carbocycles. The molecule has 2 N–H and O–H groups in total. The zero-order valence-electron chi connectivity index (χ0n) is 12.1. The second-order valence-electron chi connectivity index (χ2n) is 4.81. The molecule has 1 atom stereocenters. The second-order valence-corrected chi connectivity index (χ2v) is 4.81. The van der Waals surface area contributed by atoms with Crippen LogP contribution in [0.4, 0.5) is 0 Å². The van der Waals surface area contributed by atoms with Gasteiger partial charge in [-0.1, -0.05) is 37.3 Å². The molecule has 4 nitrogen and oxygen atoms in total. The number of benzene rings is 1. The summed E-state index contributed by atoms with van der Waals surface area (Å²) < 4.78 is 0. The van der Waals surface area contributed by atoms with Crippen molar-refractivity contribution in [1.82, 2.24) is 4.90 Å². The zero-order valence-corrected chi connectivity index (χ0v) is 12.9. The van der Waals surface area contributed by atoms with Crippen LogP contribution >= 0.6 is 12.4 Å². The Morgan fingerprint density at radius 3 is 2.30 bits per heavy atom. The summed E-state index contributed by atoms with van der Waals surface area (Å²) in [7, 11) is 1.99. The van der Waals surface area contributed by atoms with Crippen LogP contribution in [0, 0.1) is 0 Å². The van der Waals surface area contributed by atoms with Gasteiger partial charge in [-0.3, -0.25) is 9.69 Å². The van der Waals surface area contributed by atoms with E-state index in [0.29, 0.717) is 0 Å². The molecule has 0 aromatic heterocycles. The average Bonchev–Trinajstić information content (AvgIpc) is 2.44. The molecule has 1 fully saturated rings. The van der Waals surface area contributed by atoms with Crippen LogP contribution in [0.2, 0.25) is 0 Å². The third kappa shape index (κ3) is 5.12. The number of halogens is 1. The number of nitrogens with zero attached hydrogens (tertiary/aromatic N) is 1. The number of carboxylic acid groups (broad SMARTS) is 1. The van der Waals surface area contributed by atoms with E-state index in [-0.39, 0.29) is 18.8 Å². The molecule has 1 saturated heterocycles. The van der Waals surface area contributed by atoms with Gasteiger partial charge in [0.25, 0.3) is 0 Å². The Labute approximate surface area is 126 Å². The van der Waals surface area contributed by atoms with Crippen molar-refractivity contribution in [3.63, 3.8) is 0 Å². The molecule has 1 heterocycles. The minimum Gasteiger partial charge on any atom is -0.481 e. The molecule has 0 bridgehead atoms. The fraction of sp³-hybridized carbons (Fsp3) is 0.533. The summed E-state index contributed by atoms with van der Waals surface area (Å²) in [6, 6.07) is 9.95. The Balaban J connectivity index is 0.000000526. The van der Waals surface area contributed by atoms with Gasteiger partial charge in [-0.15, -0.1) is 12.4 Å². The van der Waals surface area contributed by atoms with E-state index in [1.807, 2.05) is 42.3 Å². The highest BCUT2D eigenvalue weighted by Gasteiger charge is 2.35. The maximum atomic E-state index is 10.5. The van der Waals surface area contributed by atoms with Crippen LogP contribution in [0.15, 0.2) is 30.3 Å². The molecule has 1 unspecified atom stereocenters. The number of carboxylic acids is 1. The molecule has 5 heteroatoms. The Bertz CT molecular complexity index is 399. The van der Waals surface area contributed by atoms with Crippen molar-refractivity contribution in [3.05, 3.63) is 35.9 Å². The molecular weight excluding hydrogens is 278 g/mol. The quantitative estimate of drug-likeness (QED) is 0.882. The lowest BCUT2D eigenvalue weighted by Crippen LogP contribution is -2.46. The van der Waals surface area contributed by atoms with E-state index in [1.54, 1.807) is 6.92 Å². The summed E-state index contributed by atoms with van der Waals surface area (Å²) in [5.74, 6) is -0.745. The summed E-state index contributed by atoms with van der Waals surface area (Å²) >= 11 is 0. The van der Waals surface area contributed by atoms with Gasteiger partial charge in [-0.05, 0) is 31.9 Å². The highest BCUT2D eigenvalue weighted by molar-refractivity contribution is 5.85. The van der Waals surface area contributed by atoms with Crippen molar-refractivity contribution >= 4 is 18.4 Å². The molecule has 0 amide bonds. The van der Waals surface area contributed by atoms with Crippen LogP contribution in [0.3, 0.4) is 0 Å². The first-order valence-corrected chi connectivity index (χ1v) is 6.71. The predicted molar refractivity (Wildman–Crippen MR) is 82.0 cm³/mol. The number of likely N-dealkylation sites (tertiary alicyclic amines) is 1. The predicted octanol–water partition coefficient (Wildman–Crippen LogP) is 2.85. The van der Waals surface area contributed by atoms with Crippen LogP contribution in [-0.2, 0) is 10.5 Å². The maximum Gasteiger partial charge on any atom is 0.303 e. The van der Waals surface area contributed by atoms with Crippen molar-refractivity contribution in [2.24, 2.45) is 0 Å². The number of rotatable bonds is 2. The molecule has 1 aromatic carbocycles. The SMILES string of the molecule is CCC(=O)O.CN1CCCCC1(O)c1ccccc1.Cl. The maximum absolute atomic E-state index is 10.5. The van der Waals surface area contributed by atoms with Gasteiger partial charge in [0.1, 0.15) is 5.72 Å². The van der Waals surface area contributed by atoms with E-state index in [1.165, 1.54) is 6.42 Å². The number of carbonyl (C=O) groups is 1. The lowest BCUT2D eigenvalue weighted by atomic mass is 9.92. The smallest absolute Gasteiger partial charge is 0.303 e. The number of aliphatic hydroxyl groups is 1. The number of piperidine rings is 1. The first-order valence-electron chi connectivity index (χ1n) is 6.71. The molecule has 0 spiro atoms. The van der Waals surface area contributed by atoms with Crippen LogP contribution in [0.5, 0.6) is 0 Å². The van der Waals surface area contributed by atoms with Gasteiger partial charge in [0.15, 0.2) is 0 Å². The second kappa shape index (κ2) is 8.95. The number of hydrogen-bond acceptors (Lipinski definition) is 3. The molecule has 0 aliphatic carbocycles. The molecule has 1 aliphatic heterocycles. The number of hydrogen-bond donors (Lipinski definition) is 2. The lowest BCUT2D eigenvalue weighted by molar-refractivity contribution is -0.136. The number of aliphatic carboxylic acids is 1. The van der Waals surface area contributed by atoms with Crippen molar-refractivity contribution in [3.8, 4) is 0 Å². The third-order valence-electron chi connectivity index (χ3n) is 3.44. The summed E-state index contributed by atoms with van der Waals surface area (Å²) in [4.78, 5) is 11.4. The van der Waals surface area contributed by atoms with Crippen molar-refractivity contribution in [1.29, 1.82) is 0 Å². The minimum absolute atomic E-state index is 0. The molecule has 2 rings (SSSR count). The minimum atomic E-state index is -0.745. The van der Waals surface area contributed by atoms with Crippen LogP contribution in [-0.4, -0.2) is 34.7 Å². The average molecular weight is 302 g/mol. The van der Waals surface area contributed by atoms with E-state index in [2.05, 4.69) is 0 Å². The fourth-order valence-corrected chi connectivity index (χ4v) is 2.17. The van der Waals surface area contributed by atoms with Gasteiger partial charge >= 0.3 is 5.97 Å². The van der Waals surface area contributed by atoms with Gasteiger partial charge in [0.05, 0.1) is 0 Å². The van der Waals surface area contributed by atoms with Crippen LogP contribution in [0.1, 0.15) is 38.2 Å². The van der Waals surface area contributed by atoms with Gasteiger partial charge in [0.2, 0.25) is 0 Å². The standard InChI is InChI=1S/C12H17NO.C3H6O2.ClH/c1-13-10-6-5-9-12(13,14)11-7-3-2-4-8-11;1-2-3(4)5;/h2-4,7-8,14H,5-6,9-10H2,1H3;2H2,1H3,(H,4,5);1H. The monoisotopic (exact) mass is 301 g/mol. The molecule has 114 valence electrons. The summed E-state index contributed by atoms with van der Waals surface area (Å²) in [6.45, 7) is 2.58.